The standard InChI is InChI=1S/C16H23NO4/c1-16(20-2)8-5-9-17(12-16)10-11-21-14-7-4-3-6-13(14)15(18)19/h3-4,6-7H,5,8-12H2,1-2H3,(H,18,19). The van der Waals surface area contributed by atoms with E-state index < -0.39 is 5.97 Å². The van der Waals surface area contributed by atoms with Crippen LogP contribution >= 0.6 is 0 Å². The highest BCUT2D eigenvalue weighted by Crippen LogP contribution is 2.24. The van der Waals surface area contributed by atoms with Crippen molar-refractivity contribution in [3.05, 3.63) is 29.8 Å². The Morgan fingerprint density at radius 2 is 2.19 bits per heavy atom. The first-order valence-electron chi connectivity index (χ1n) is 7.27. The Bertz CT molecular complexity index is 491. The Labute approximate surface area is 125 Å². The van der Waals surface area contributed by atoms with Crippen LogP contribution in [0.25, 0.3) is 0 Å². The molecule has 1 N–H and O–H groups in total. The molecule has 0 aliphatic carbocycles. The zero-order valence-corrected chi connectivity index (χ0v) is 12.7. The van der Waals surface area contributed by atoms with E-state index in [1.807, 2.05) is 0 Å². The fraction of sp³-hybridized carbons (Fsp3) is 0.562. The maximum absolute atomic E-state index is 11.1. The molecule has 1 heterocycles. The second-order valence-corrected chi connectivity index (χ2v) is 5.68. The Hall–Kier alpha value is -1.59. The van der Waals surface area contributed by atoms with Gasteiger partial charge >= 0.3 is 5.97 Å². The molecule has 1 aromatic carbocycles. The van der Waals surface area contributed by atoms with Gasteiger partial charge < -0.3 is 14.6 Å². The minimum Gasteiger partial charge on any atom is -0.491 e. The van der Waals surface area contributed by atoms with Crippen molar-refractivity contribution in [3.8, 4) is 5.75 Å². The first-order valence-corrected chi connectivity index (χ1v) is 7.27. The molecule has 1 aliphatic rings. The van der Waals surface area contributed by atoms with E-state index in [2.05, 4.69) is 11.8 Å². The number of benzene rings is 1. The van der Waals surface area contributed by atoms with Crippen LogP contribution in [-0.2, 0) is 4.74 Å². The normalized spacial score (nSPS) is 23.0. The molecule has 5 heteroatoms. The van der Waals surface area contributed by atoms with E-state index >= 15 is 0 Å². The lowest BCUT2D eigenvalue weighted by Crippen LogP contribution is -2.48. The average Bonchev–Trinajstić information content (AvgIpc) is 2.48. The van der Waals surface area contributed by atoms with E-state index in [1.54, 1.807) is 31.4 Å². The van der Waals surface area contributed by atoms with E-state index in [9.17, 15) is 4.79 Å². The molecule has 21 heavy (non-hydrogen) atoms. The Balaban J connectivity index is 1.86. The summed E-state index contributed by atoms with van der Waals surface area (Å²) >= 11 is 0. The SMILES string of the molecule is COC1(C)CCCN(CCOc2ccccc2C(=O)O)C1. The molecule has 1 fully saturated rings. The molecule has 1 atom stereocenters. The predicted molar refractivity (Wildman–Crippen MR) is 80.0 cm³/mol. The van der Waals surface area contributed by atoms with Crippen molar-refractivity contribution < 1.29 is 19.4 Å². The average molecular weight is 293 g/mol. The molecule has 0 radical (unpaired) electrons. The molecular weight excluding hydrogens is 270 g/mol. The molecule has 0 amide bonds. The van der Waals surface area contributed by atoms with Crippen molar-refractivity contribution in [2.45, 2.75) is 25.4 Å². The van der Waals surface area contributed by atoms with Crippen LogP contribution < -0.4 is 4.74 Å². The monoisotopic (exact) mass is 293 g/mol. The van der Waals surface area contributed by atoms with Gasteiger partial charge in [0.1, 0.15) is 17.9 Å². The van der Waals surface area contributed by atoms with Gasteiger partial charge in [-0.2, -0.15) is 0 Å². The summed E-state index contributed by atoms with van der Waals surface area (Å²) in [5, 5.41) is 9.11. The molecule has 116 valence electrons. The fourth-order valence-corrected chi connectivity index (χ4v) is 2.72. The minimum absolute atomic E-state index is 0.0861. The van der Waals surface area contributed by atoms with Crippen molar-refractivity contribution in [3.63, 3.8) is 0 Å². The third kappa shape index (κ3) is 4.19. The molecular formula is C16H23NO4. The van der Waals surface area contributed by atoms with Crippen LogP contribution in [0.3, 0.4) is 0 Å². The van der Waals surface area contributed by atoms with Gasteiger partial charge in [-0.3, -0.25) is 4.90 Å². The summed E-state index contributed by atoms with van der Waals surface area (Å²) in [6.07, 6.45) is 2.18. The van der Waals surface area contributed by atoms with E-state index in [0.29, 0.717) is 12.4 Å². The number of methoxy groups -OCH3 is 1. The maximum Gasteiger partial charge on any atom is 0.339 e. The number of ether oxygens (including phenoxy) is 2. The predicted octanol–water partition coefficient (Wildman–Crippen LogP) is 2.26. The number of carbonyl (C=O) groups is 1. The molecule has 0 bridgehead atoms. The number of nitrogens with zero attached hydrogens (tertiary/aromatic N) is 1. The third-order valence-electron chi connectivity index (χ3n) is 4.01. The summed E-state index contributed by atoms with van der Waals surface area (Å²) < 4.78 is 11.2. The quantitative estimate of drug-likeness (QED) is 0.872. The molecule has 1 unspecified atom stereocenters. The summed E-state index contributed by atoms with van der Waals surface area (Å²) in [5.74, 6) is -0.535. The minimum atomic E-state index is -0.962. The van der Waals surface area contributed by atoms with Gasteiger partial charge in [-0.25, -0.2) is 4.79 Å². The first-order chi connectivity index (χ1) is 10.0. The summed E-state index contributed by atoms with van der Waals surface area (Å²) in [6.45, 7) is 5.28. The van der Waals surface area contributed by atoms with Gasteiger partial charge in [0.15, 0.2) is 0 Å². The van der Waals surface area contributed by atoms with Gasteiger partial charge in [-0.15, -0.1) is 0 Å². The lowest BCUT2D eigenvalue weighted by Gasteiger charge is -2.39. The van der Waals surface area contributed by atoms with Crippen LogP contribution in [0.1, 0.15) is 30.1 Å². The molecule has 1 aliphatic heterocycles. The third-order valence-corrected chi connectivity index (χ3v) is 4.01. The summed E-state index contributed by atoms with van der Waals surface area (Å²) in [5.41, 5.74) is 0.120. The van der Waals surface area contributed by atoms with Crippen LogP contribution in [0.5, 0.6) is 5.75 Å². The highest BCUT2D eigenvalue weighted by atomic mass is 16.5. The second kappa shape index (κ2) is 6.91. The van der Waals surface area contributed by atoms with Crippen molar-refractivity contribution in [1.29, 1.82) is 0 Å². The Kier molecular flexibility index (Phi) is 5.20. The highest BCUT2D eigenvalue weighted by Gasteiger charge is 2.30. The van der Waals surface area contributed by atoms with Gasteiger partial charge in [0.2, 0.25) is 0 Å². The van der Waals surface area contributed by atoms with Crippen molar-refractivity contribution in [2.24, 2.45) is 0 Å². The summed E-state index contributed by atoms with van der Waals surface area (Å²) in [4.78, 5) is 13.4. The number of hydrogen-bond acceptors (Lipinski definition) is 4. The van der Waals surface area contributed by atoms with E-state index in [4.69, 9.17) is 14.6 Å². The van der Waals surface area contributed by atoms with E-state index in [1.165, 1.54) is 0 Å². The largest absolute Gasteiger partial charge is 0.491 e. The number of hydrogen-bond donors (Lipinski definition) is 1. The molecule has 1 aromatic rings. The zero-order chi connectivity index (χ0) is 15.3. The second-order valence-electron chi connectivity index (χ2n) is 5.68. The lowest BCUT2D eigenvalue weighted by molar-refractivity contribution is -0.0524. The number of rotatable bonds is 6. The number of piperidine rings is 1. The van der Waals surface area contributed by atoms with Crippen molar-refractivity contribution in [1.82, 2.24) is 4.90 Å². The van der Waals surface area contributed by atoms with Crippen LogP contribution in [0, 0.1) is 0 Å². The fourth-order valence-electron chi connectivity index (χ4n) is 2.72. The van der Waals surface area contributed by atoms with Gasteiger partial charge in [0.05, 0.1) is 5.60 Å². The van der Waals surface area contributed by atoms with Crippen LogP contribution in [0.4, 0.5) is 0 Å². The molecule has 0 spiro atoms. The van der Waals surface area contributed by atoms with Gasteiger partial charge in [0, 0.05) is 20.2 Å². The molecule has 1 saturated heterocycles. The Morgan fingerprint density at radius 1 is 1.43 bits per heavy atom. The van der Waals surface area contributed by atoms with Crippen molar-refractivity contribution >= 4 is 5.97 Å². The summed E-state index contributed by atoms with van der Waals surface area (Å²) in [7, 11) is 1.75. The van der Waals surface area contributed by atoms with Crippen LogP contribution in [0.2, 0.25) is 0 Å². The summed E-state index contributed by atoms with van der Waals surface area (Å²) in [6, 6.07) is 6.73. The molecule has 0 saturated carbocycles. The molecule has 0 aromatic heterocycles. The van der Waals surface area contributed by atoms with E-state index in [0.717, 1.165) is 32.5 Å². The van der Waals surface area contributed by atoms with Gasteiger partial charge in [0.25, 0.3) is 0 Å². The number of carboxylic acids is 1. The van der Waals surface area contributed by atoms with Crippen LogP contribution in [-0.4, -0.2) is 54.9 Å². The first kappa shape index (κ1) is 15.8. The maximum atomic E-state index is 11.1. The smallest absolute Gasteiger partial charge is 0.339 e. The number of carboxylic acid groups (broad SMARTS) is 1. The number of likely N-dealkylation sites (tertiary alicyclic amines) is 1. The number of aromatic carboxylic acids is 1. The lowest BCUT2D eigenvalue weighted by atomic mass is 9.95. The highest BCUT2D eigenvalue weighted by molar-refractivity contribution is 5.90. The van der Waals surface area contributed by atoms with Crippen molar-refractivity contribution in [2.75, 3.05) is 33.4 Å². The Morgan fingerprint density at radius 3 is 2.90 bits per heavy atom. The van der Waals surface area contributed by atoms with Crippen LogP contribution in [0.15, 0.2) is 24.3 Å². The van der Waals surface area contributed by atoms with E-state index in [-0.39, 0.29) is 11.2 Å². The van der Waals surface area contributed by atoms with Gasteiger partial charge in [-0.1, -0.05) is 12.1 Å². The molecule has 2 rings (SSSR count). The molecule has 5 nitrogen and oxygen atoms in total. The van der Waals surface area contributed by atoms with Gasteiger partial charge in [-0.05, 0) is 38.4 Å². The number of para-hydroxylation sites is 1. The zero-order valence-electron chi connectivity index (χ0n) is 12.7. The topological polar surface area (TPSA) is 59.0 Å².